The van der Waals surface area contributed by atoms with E-state index >= 15 is 0 Å². The molecule has 2 aromatic rings. The lowest BCUT2D eigenvalue weighted by molar-refractivity contribution is -0.114. The Morgan fingerprint density at radius 1 is 0.923 bits per heavy atom. The Morgan fingerprint density at radius 3 is 1.88 bits per heavy atom. The van der Waals surface area contributed by atoms with Crippen LogP contribution in [0.15, 0.2) is 48.5 Å². The van der Waals surface area contributed by atoms with E-state index in [1.807, 2.05) is 48.5 Å². The Bertz CT molecular complexity index is 726. The van der Waals surface area contributed by atoms with Gasteiger partial charge in [0, 0.05) is 25.4 Å². The molecule has 1 atom stereocenters. The number of nitrogens with one attached hydrogen (secondary N) is 2. The van der Waals surface area contributed by atoms with E-state index in [1.54, 1.807) is 14.0 Å². The second kappa shape index (κ2) is 9.58. The molecule has 26 heavy (non-hydrogen) atoms. The molecule has 0 radical (unpaired) electrons. The van der Waals surface area contributed by atoms with Crippen LogP contribution < -0.4 is 10.6 Å². The van der Waals surface area contributed by atoms with Gasteiger partial charge in [-0.2, -0.15) is 0 Å². The van der Waals surface area contributed by atoms with E-state index in [2.05, 4.69) is 10.6 Å². The summed E-state index contributed by atoms with van der Waals surface area (Å²) >= 11 is 0. The molecule has 0 spiro atoms. The highest BCUT2D eigenvalue weighted by molar-refractivity contribution is 5.88. The van der Waals surface area contributed by atoms with Crippen molar-refractivity contribution in [1.29, 1.82) is 0 Å². The fourth-order valence-corrected chi connectivity index (χ4v) is 2.45. The highest BCUT2D eigenvalue weighted by Gasteiger charge is 2.09. The van der Waals surface area contributed by atoms with Crippen LogP contribution in [0, 0.1) is 0 Å². The lowest BCUT2D eigenvalue weighted by Gasteiger charge is -2.13. The van der Waals surface area contributed by atoms with Crippen molar-refractivity contribution in [2.45, 2.75) is 26.4 Å². The minimum Gasteiger partial charge on any atom is -0.444 e. The number of amides is 2. The third-order valence-electron chi connectivity index (χ3n) is 3.59. The van der Waals surface area contributed by atoms with E-state index in [-0.39, 0.29) is 12.0 Å². The Balaban J connectivity index is 1.88. The molecule has 2 rings (SSSR count). The summed E-state index contributed by atoms with van der Waals surface area (Å²) in [6.07, 6.45) is -0.0498. The molecule has 6 heteroatoms. The quantitative estimate of drug-likeness (QED) is 0.791. The Hall–Kier alpha value is -2.86. The zero-order valence-electron chi connectivity index (χ0n) is 15.2. The lowest BCUT2D eigenvalue weighted by atomic mass is 10.0. The summed E-state index contributed by atoms with van der Waals surface area (Å²) in [5.41, 5.74) is 3.70. The number of benzene rings is 2. The molecule has 2 aromatic carbocycles. The number of carbonyl (C=O) groups excluding carboxylic acids is 2. The van der Waals surface area contributed by atoms with Gasteiger partial charge in [0.05, 0.1) is 6.61 Å². The van der Waals surface area contributed by atoms with E-state index < -0.39 is 6.09 Å². The fourth-order valence-electron chi connectivity index (χ4n) is 2.45. The molecule has 0 aliphatic heterocycles. The molecular weight excluding hydrogens is 332 g/mol. The zero-order valence-corrected chi connectivity index (χ0v) is 15.2. The fraction of sp³-hybridized carbons (Fsp3) is 0.300. The molecule has 0 saturated heterocycles. The molecule has 2 amide bonds. The van der Waals surface area contributed by atoms with Gasteiger partial charge in [-0.1, -0.05) is 24.3 Å². The van der Waals surface area contributed by atoms with E-state index in [0.717, 1.165) is 23.2 Å². The molecule has 2 N–H and O–H groups in total. The first-order chi connectivity index (χ1) is 12.5. The van der Waals surface area contributed by atoms with Gasteiger partial charge < -0.3 is 14.8 Å². The van der Waals surface area contributed by atoms with Crippen LogP contribution in [0.1, 0.15) is 25.0 Å². The average Bonchev–Trinajstić information content (AvgIpc) is 2.58. The molecule has 0 bridgehead atoms. The number of hydrogen-bond acceptors (Lipinski definition) is 4. The van der Waals surface area contributed by atoms with Crippen LogP contribution in [0.5, 0.6) is 0 Å². The van der Waals surface area contributed by atoms with Crippen LogP contribution in [0.3, 0.4) is 0 Å². The van der Waals surface area contributed by atoms with Gasteiger partial charge >= 0.3 is 6.09 Å². The summed E-state index contributed by atoms with van der Waals surface area (Å²) in [4.78, 5) is 22.8. The molecule has 0 aliphatic carbocycles. The van der Waals surface area contributed by atoms with E-state index in [1.165, 1.54) is 6.92 Å². The van der Waals surface area contributed by atoms with E-state index in [9.17, 15) is 9.59 Å². The highest BCUT2D eigenvalue weighted by Crippen LogP contribution is 2.16. The lowest BCUT2D eigenvalue weighted by Crippen LogP contribution is -2.23. The van der Waals surface area contributed by atoms with Crippen LogP contribution in [-0.4, -0.2) is 31.8 Å². The van der Waals surface area contributed by atoms with Crippen LogP contribution >= 0.6 is 0 Å². The Kier molecular flexibility index (Phi) is 7.17. The average molecular weight is 356 g/mol. The monoisotopic (exact) mass is 356 g/mol. The third-order valence-corrected chi connectivity index (χ3v) is 3.59. The number of ether oxygens (including phenoxy) is 2. The number of hydrogen-bond donors (Lipinski definition) is 2. The predicted octanol–water partition coefficient (Wildman–Crippen LogP) is 3.82. The van der Waals surface area contributed by atoms with Crippen LogP contribution in [0.4, 0.5) is 16.2 Å². The van der Waals surface area contributed by atoms with Gasteiger partial charge in [0.2, 0.25) is 5.91 Å². The summed E-state index contributed by atoms with van der Waals surface area (Å²) in [6, 6.07) is 15.3. The summed E-state index contributed by atoms with van der Waals surface area (Å²) in [6.45, 7) is 3.61. The standard InChI is InChI=1S/C20H24N2O4/c1-14(13-25-3)26-20(24)22-19-10-6-17(7-11-19)12-16-4-8-18(9-5-16)21-15(2)23/h4-11,14H,12-13H2,1-3H3,(H,21,23)(H,22,24). The van der Waals surface area contributed by atoms with Crippen molar-refractivity contribution in [3.05, 3.63) is 59.7 Å². The minimum atomic E-state index is -0.504. The first-order valence-electron chi connectivity index (χ1n) is 8.38. The van der Waals surface area contributed by atoms with Crippen LogP contribution in [0.25, 0.3) is 0 Å². The second-order valence-corrected chi connectivity index (χ2v) is 6.05. The molecular formula is C20H24N2O4. The van der Waals surface area contributed by atoms with Gasteiger partial charge in [-0.3, -0.25) is 10.1 Å². The number of rotatable bonds is 7. The normalized spacial score (nSPS) is 11.5. The van der Waals surface area contributed by atoms with E-state index in [0.29, 0.717) is 12.3 Å². The van der Waals surface area contributed by atoms with Gasteiger partial charge in [-0.05, 0) is 48.7 Å². The zero-order chi connectivity index (χ0) is 18.9. The smallest absolute Gasteiger partial charge is 0.411 e. The van der Waals surface area contributed by atoms with Gasteiger partial charge in [0.15, 0.2) is 0 Å². The SMILES string of the molecule is COCC(C)OC(=O)Nc1ccc(Cc2ccc(NC(C)=O)cc2)cc1. The summed E-state index contributed by atoms with van der Waals surface area (Å²) in [7, 11) is 1.56. The van der Waals surface area contributed by atoms with E-state index in [4.69, 9.17) is 9.47 Å². The first-order valence-corrected chi connectivity index (χ1v) is 8.38. The third kappa shape index (κ3) is 6.57. The second-order valence-electron chi connectivity index (χ2n) is 6.05. The molecule has 0 aliphatic rings. The van der Waals surface area contributed by atoms with Crippen molar-refractivity contribution < 1.29 is 19.1 Å². The van der Waals surface area contributed by atoms with Crippen LogP contribution in [-0.2, 0) is 20.7 Å². The van der Waals surface area contributed by atoms with Gasteiger partial charge in [-0.15, -0.1) is 0 Å². The minimum absolute atomic E-state index is 0.0871. The van der Waals surface area contributed by atoms with Crippen molar-refractivity contribution in [3.63, 3.8) is 0 Å². The first kappa shape index (κ1) is 19.5. The Morgan fingerprint density at radius 2 is 1.42 bits per heavy atom. The van der Waals surface area contributed by atoms with Crippen molar-refractivity contribution in [2.24, 2.45) is 0 Å². The predicted molar refractivity (Wildman–Crippen MR) is 101 cm³/mol. The van der Waals surface area contributed by atoms with Crippen LogP contribution in [0.2, 0.25) is 0 Å². The largest absolute Gasteiger partial charge is 0.444 e. The molecule has 0 heterocycles. The molecule has 138 valence electrons. The van der Waals surface area contributed by atoms with Crippen molar-refractivity contribution in [2.75, 3.05) is 24.4 Å². The maximum absolute atomic E-state index is 11.8. The molecule has 1 unspecified atom stereocenters. The van der Waals surface area contributed by atoms with Crippen molar-refractivity contribution >= 4 is 23.4 Å². The molecule has 0 saturated carbocycles. The molecule has 6 nitrogen and oxygen atoms in total. The topological polar surface area (TPSA) is 76.7 Å². The summed E-state index contributed by atoms with van der Waals surface area (Å²) in [5, 5.41) is 5.43. The Labute approximate surface area is 153 Å². The summed E-state index contributed by atoms with van der Waals surface area (Å²) in [5.74, 6) is -0.0871. The maximum Gasteiger partial charge on any atom is 0.411 e. The highest BCUT2D eigenvalue weighted by atomic mass is 16.6. The molecule has 0 fully saturated rings. The number of carbonyl (C=O) groups is 2. The van der Waals surface area contributed by atoms with Gasteiger partial charge in [-0.25, -0.2) is 4.79 Å². The maximum atomic E-state index is 11.8. The van der Waals surface area contributed by atoms with Crippen molar-refractivity contribution in [1.82, 2.24) is 0 Å². The number of methoxy groups -OCH3 is 1. The van der Waals surface area contributed by atoms with Gasteiger partial charge in [0.25, 0.3) is 0 Å². The molecule has 0 aromatic heterocycles. The number of anilines is 2. The van der Waals surface area contributed by atoms with Crippen molar-refractivity contribution in [3.8, 4) is 0 Å². The van der Waals surface area contributed by atoms with Gasteiger partial charge in [0.1, 0.15) is 6.10 Å². The summed E-state index contributed by atoms with van der Waals surface area (Å²) < 4.78 is 10.1.